The number of nitrogens with zero attached hydrogens (tertiary/aromatic N) is 2. The molecular weight excluding hydrogens is 327 g/mol. The fourth-order valence-corrected chi connectivity index (χ4v) is 2.67. The fraction of sp³-hybridized carbons (Fsp3) is 0.167. The van der Waals surface area contributed by atoms with Crippen molar-refractivity contribution < 1.29 is 23.8 Å². The summed E-state index contributed by atoms with van der Waals surface area (Å²) in [6, 6.07) is 13.7. The Morgan fingerprint density at radius 1 is 1.16 bits per heavy atom. The maximum Gasteiger partial charge on any atom is 0.354 e. The predicted molar refractivity (Wildman–Crippen MR) is 87.0 cm³/mol. The summed E-state index contributed by atoms with van der Waals surface area (Å²) in [5.74, 6) is -2.37. The van der Waals surface area contributed by atoms with Gasteiger partial charge in [0.1, 0.15) is 5.82 Å². The maximum absolute atomic E-state index is 14.0. The topological polar surface area (TPSA) is 79.2 Å². The number of hydrazone groups is 1. The molecule has 3 rings (SSSR count). The van der Waals surface area contributed by atoms with Gasteiger partial charge in [-0.1, -0.05) is 42.5 Å². The number of ether oxygens (including phenoxy) is 1. The molecule has 6 nitrogen and oxygen atoms in total. The van der Waals surface area contributed by atoms with Crippen molar-refractivity contribution in [3.63, 3.8) is 0 Å². The molecule has 0 fully saturated rings. The van der Waals surface area contributed by atoms with E-state index in [2.05, 4.69) is 9.84 Å². The molecule has 2 aromatic rings. The van der Waals surface area contributed by atoms with Gasteiger partial charge in [0.05, 0.1) is 19.1 Å². The molecule has 0 bridgehead atoms. The fourth-order valence-electron chi connectivity index (χ4n) is 2.67. The number of rotatable bonds is 3. The van der Waals surface area contributed by atoms with Gasteiger partial charge < -0.3 is 9.84 Å². The van der Waals surface area contributed by atoms with Crippen LogP contribution in [0.2, 0.25) is 0 Å². The molecule has 1 aliphatic rings. The van der Waals surface area contributed by atoms with E-state index in [9.17, 15) is 19.1 Å². The lowest BCUT2D eigenvalue weighted by Gasteiger charge is -2.31. The Balaban J connectivity index is 2.08. The molecule has 1 atom stereocenters. The summed E-state index contributed by atoms with van der Waals surface area (Å²) in [7, 11) is 1.17. The van der Waals surface area contributed by atoms with Crippen molar-refractivity contribution >= 4 is 17.6 Å². The number of halogens is 1. The summed E-state index contributed by atoms with van der Waals surface area (Å²) in [4.78, 5) is 24.6. The molecule has 0 aromatic heterocycles. The first kappa shape index (κ1) is 16.8. The van der Waals surface area contributed by atoms with Gasteiger partial charge in [0.15, 0.2) is 11.4 Å². The van der Waals surface area contributed by atoms with Crippen molar-refractivity contribution in [3.05, 3.63) is 71.5 Å². The highest BCUT2D eigenvalue weighted by molar-refractivity contribution is 6.37. The highest BCUT2D eigenvalue weighted by atomic mass is 19.1. The molecule has 0 radical (unpaired) electrons. The number of esters is 1. The zero-order valence-corrected chi connectivity index (χ0v) is 13.3. The van der Waals surface area contributed by atoms with Crippen molar-refractivity contribution in [1.29, 1.82) is 0 Å². The van der Waals surface area contributed by atoms with Gasteiger partial charge in [0.25, 0.3) is 5.91 Å². The lowest BCUT2D eigenvalue weighted by Crippen LogP contribution is -2.43. The van der Waals surface area contributed by atoms with Crippen LogP contribution in [-0.2, 0) is 15.3 Å². The van der Waals surface area contributed by atoms with Crippen LogP contribution in [-0.4, -0.2) is 34.8 Å². The van der Waals surface area contributed by atoms with Gasteiger partial charge in [-0.25, -0.2) is 9.18 Å². The van der Waals surface area contributed by atoms with Gasteiger partial charge in [0, 0.05) is 5.56 Å². The number of benzene rings is 2. The van der Waals surface area contributed by atoms with Crippen LogP contribution < -0.4 is 0 Å². The smallest absolute Gasteiger partial charge is 0.354 e. The van der Waals surface area contributed by atoms with Gasteiger partial charge in [-0.15, -0.1) is 0 Å². The van der Waals surface area contributed by atoms with E-state index in [1.807, 2.05) is 0 Å². The Kier molecular flexibility index (Phi) is 4.33. The summed E-state index contributed by atoms with van der Waals surface area (Å²) in [6.07, 6.45) is -0.260. The molecule has 7 heteroatoms. The number of carbonyl (C=O) groups excluding carboxylic acids is 2. The standard InChI is InChI=1S/C18H15FN2O4/c1-25-17(23)15-11-18(24,12-7-3-2-4-8-12)21(20-15)16(22)13-9-5-6-10-14(13)19/h2-10,24H,11H2,1H3. The van der Waals surface area contributed by atoms with Crippen LogP contribution in [0.25, 0.3) is 0 Å². The van der Waals surface area contributed by atoms with E-state index in [4.69, 9.17) is 0 Å². The summed E-state index contributed by atoms with van der Waals surface area (Å²) >= 11 is 0. The minimum atomic E-state index is -1.91. The molecule has 1 amide bonds. The molecule has 0 spiro atoms. The van der Waals surface area contributed by atoms with Crippen LogP contribution in [0.15, 0.2) is 59.7 Å². The first-order chi connectivity index (χ1) is 12.0. The minimum absolute atomic E-state index is 0.126. The minimum Gasteiger partial charge on any atom is -0.464 e. The zero-order chi connectivity index (χ0) is 18.0. The van der Waals surface area contributed by atoms with Crippen molar-refractivity contribution in [2.45, 2.75) is 12.1 Å². The lowest BCUT2D eigenvalue weighted by atomic mass is 9.97. The molecule has 1 heterocycles. The number of aliphatic hydroxyl groups is 1. The number of amides is 1. The Bertz CT molecular complexity index is 853. The Morgan fingerprint density at radius 2 is 1.80 bits per heavy atom. The third-order valence-corrected chi connectivity index (χ3v) is 3.94. The second-order valence-electron chi connectivity index (χ2n) is 5.49. The molecule has 1 N–H and O–H groups in total. The number of methoxy groups -OCH3 is 1. The normalized spacial score (nSPS) is 19.5. The largest absolute Gasteiger partial charge is 0.464 e. The molecule has 25 heavy (non-hydrogen) atoms. The van der Waals surface area contributed by atoms with E-state index in [1.54, 1.807) is 30.3 Å². The average Bonchev–Trinajstić information content (AvgIpc) is 3.00. The van der Waals surface area contributed by atoms with Gasteiger partial charge in [-0.3, -0.25) is 4.79 Å². The van der Waals surface area contributed by atoms with Crippen LogP contribution in [0, 0.1) is 5.82 Å². The molecule has 0 saturated heterocycles. The van der Waals surface area contributed by atoms with Crippen LogP contribution in [0.3, 0.4) is 0 Å². The first-order valence-electron chi connectivity index (χ1n) is 7.50. The third kappa shape index (κ3) is 2.89. The molecule has 128 valence electrons. The molecule has 1 unspecified atom stereocenters. The number of hydrogen-bond donors (Lipinski definition) is 1. The van der Waals surface area contributed by atoms with E-state index in [0.717, 1.165) is 11.1 Å². The lowest BCUT2D eigenvalue weighted by molar-refractivity contribution is -0.133. The Hall–Kier alpha value is -3.06. The summed E-state index contributed by atoms with van der Waals surface area (Å²) < 4.78 is 18.6. The van der Waals surface area contributed by atoms with E-state index in [1.165, 1.54) is 25.3 Å². The van der Waals surface area contributed by atoms with Crippen molar-refractivity contribution in [1.82, 2.24) is 5.01 Å². The molecule has 0 aliphatic carbocycles. The third-order valence-electron chi connectivity index (χ3n) is 3.94. The van der Waals surface area contributed by atoms with Crippen molar-refractivity contribution in [3.8, 4) is 0 Å². The quantitative estimate of drug-likeness (QED) is 0.866. The Morgan fingerprint density at radius 3 is 2.44 bits per heavy atom. The number of hydrogen-bond acceptors (Lipinski definition) is 5. The van der Waals surface area contributed by atoms with E-state index in [0.29, 0.717) is 5.56 Å². The van der Waals surface area contributed by atoms with Gasteiger partial charge in [-0.05, 0) is 12.1 Å². The van der Waals surface area contributed by atoms with Crippen molar-refractivity contribution in [2.24, 2.45) is 5.10 Å². The molecular formula is C18H15FN2O4. The van der Waals surface area contributed by atoms with Gasteiger partial charge >= 0.3 is 5.97 Å². The van der Waals surface area contributed by atoms with Gasteiger partial charge in [-0.2, -0.15) is 10.1 Å². The monoisotopic (exact) mass is 342 g/mol. The summed E-state index contributed by atoms with van der Waals surface area (Å²) in [6.45, 7) is 0. The SMILES string of the molecule is COC(=O)C1=NN(C(=O)c2ccccc2F)C(O)(c2ccccc2)C1. The molecule has 1 aliphatic heterocycles. The summed E-state index contributed by atoms with van der Waals surface area (Å²) in [5.41, 5.74) is -1.95. The number of carbonyl (C=O) groups is 2. The van der Waals surface area contributed by atoms with Crippen LogP contribution in [0.5, 0.6) is 0 Å². The van der Waals surface area contributed by atoms with E-state index in [-0.39, 0.29) is 17.7 Å². The van der Waals surface area contributed by atoms with E-state index < -0.39 is 23.4 Å². The van der Waals surface area contributed by atoms with Crippen LogP contribution >= 0.6 is 0 Å². The van der Waals surface area contributed by atoms with Gasteiger partial charge in [0.2, 0.25) is 0 Å². The zero-order valence-electron chi connectivity index (χ0n) is 13.3. The second kappa shape index (κ2) is 6.45. The average molecular weight is 342 g/mol. The van der Waals surface area contributed by atoms with Crippen LogP contribution in [0.4, 0.5) is 4.39 Å². The molecule has 0 saturated carbocycles. The first-order valence-corrected chi connectivity index (χ1v) is 7.50. The molecule has 2 aromatic carbocycles. The van der Waals surface area contributed by atoms with E-state index >= 15 is 0 Å². The highest BCUT2D eigenvalue weighted by Crippen LogP contribution is 2.36. The second-order valence-corrected chi connectivity index (χ2v) is 5.49. The summed E-state index contributed by atoms with van der Waals surface area (Å²) in [5, 5.41) is 15.8. The highest BCUT2D eigenvalue weighted by Gasteiger charge is 2.48. The predicted octanol–water partition coefficient (Wildman–Crippen LogP) is 2.05. The van der Waals surface area contributed by atoms with Crippen molar-refractivity contribution in [2.75, 3.05) is 7.11 Å². The maximum atomic E-state index is 14.0. The Labute approximate surface area is 143 Å². The van der Waals surface area contributed by atoms with Crippen LogP contribution in [0.1, 0.15) is 22.3 Å².